The Morgan fingerprint density at radius 2 is 1.32 bits per heavy atom. The predicted molar refractivity (Wildman–Crippen MR) is 160 cm³/mol. The van der Waals surface area contributed by atoms with E-state index in [4.69, 9.17) is 34.8 Å². The first-order valence-electron chi connectivity index (χ1n) is 11.5. The molecular formula is C27H22Cl3N3O5S2. The van der Waals surface area contributed by atoms with Crippen LogP contribution in [0.1, 0.15) is 21.5 Å². The average Bonchev–Trinajstić information content (AvgIpc) is 2.88. The lowest BCUT2D eigenvalue weighted by molar-refractivity contribution is 0.102. The smallest absolute Gasteiger partial charge is 0.263 e. The summed E-state index contributed by atoms with van der Waals surface area (Å²) < 4.78 is 56.5. The molecule has 0 fully saturated rings. The van der Waals surface area contributed by atoms with Gasteiger partial charge in [-0.05, 0) is 97.8 Å². The van der Waals surface area contributed by atoms with Crippen molar-refractivity contribution in [1.29, 1.82) is 0 Å². The van der Waals surface area contributed by atoms with Gasteiger partial charge in [-0.15, -0.1) is 0 Å². The van der Waals surface area contributed by atoms with Crippen molar-refractivity contribution < 1.29 is 21.6 Å². The van der Waals surface area contributed by atoms with Crippen LogP contribution >= 0.6 is 34.8 Å². The zero-order valence-electron chi connectivity index (χ0n) is 21.0. The Labute approximate surface area is 247 Å². The number of sulfonamides is 2. The second-order valence-electron chi connectivity index (χ2n) is 8.76. The van der Waals surface area contributed by atoms with Gasteiger partial charge in [-0.25, -0.2) is 16.8 Å². The summed E-state index contributed by atoms with van der Waals surface area (Å²) in [6.07, 6.45) is 0. The first-order chi connectivity index (χ1) is 18.7. The molecule has 0 unspecified atom stereocenters. The molecule has 3 N–H and O–H groups in total. The van der Waals surface area contributed by atoms with Gasteiger partial charge < -0.3 is 5.32 Å². The Balaban J connectivity index is 1.50. The van der Waals surface area contributed by atoms with Gasteiger partial charge in [0.05, 0.1) is 20.6 Å². The number of halogens is 3. The summed E-state index contributed by atoms with van der Waals surface area (Å²) in [5.41, 5.74) is 2.73. The molecule has 0 aliphatic heterocycles. The van der Waals surface area contributed by atoms with E-state index >= 15 is 0 Å². The van der Waals surface area contributed by atoms with Crippen molar-refractivity contribution >= 4 is 77.8 Å². The third kappa shape index (κ3) is 6.89. The first kappa shape index (κ1) is 29.7. The van der Waals surface area contributed by atoms with E-state index < -0.39 is 26.0 Å². The van der Waals surface area contributed by atoms with E-state index in [2.05, 4.69) is 14.8 Å². The zero-order chi connectivity index (χ0) is 29.2. The van der Waals surface area contributed by atoms with Crippen LogP contribution < -0.4 is 14.8 Å². The molecule has 0 radical (unpaired) electrons. The van der Waals surface area contributed by atoms with Crippen LogP contribution in [0.5, 0.6) is 0 Å². The molecule has 1 amide bonds. The highest BCUT2D eigenvalue weighted by atomic mass is 35.5. The van der Waals surface area contributed by atoms with Crippen LogP contribution in [0, 0.1) is 13.8 Å². The van der Waals surface area contributed by atoms with Crippen LogP contribution in [0.15, 0.2) is 88.7 Å². The van der Waals surface area contributed by atoms with Gasteiger partial charge in [0.15, 0.2) is 0 Å². The second-order valence-corrected chi connectivity index (χ2v) is 13.3. The van der Waals surface area contributed by atoms with E-state index in [-0.39, 0.29) is 36.8 Å². The normalized spacial score (nSPS) is 11.6. The van der Waals surface area contributed by atoms with Crippen LogP contribution in [0.2, 0.25) is 15.1 Å². The molecule has 13 heteroatoms. The highest BCUT2D eigenvalue weighted by Crippen LogP contribution is 2.29. The number of rotatable bonds is 8. The molecule has 0 bridgehead atoms. The van der Waals surface area contributed by atoms with Crippen LogP contribution in [-0.4, -0.2) is 22.7 Å². The third-order valence-electron chi connectivity index (χ3n) is 5.84. The molecule has 0 aliphatic carbocycles. The van der Waals surface area contributed by atoms with Crippen LogP contribution in [0.4, 0.5) is 17.1 Å². The summed E-state index contributed by atoms with van der Waals surface area (Å²) >= 11 is 18.1. The van der Waals surface area contributed by atoms with Crippen molar-refractivity contribution in [2.75, 3.05) is 14.8 Å². The fourth-order valence-corrected chi connectivity index (χ4v) is 6.73. The van der Waals surface area contributed by atoms with Crippen molar-refractivity contribution in [2.45, 2.75) is 23.6 Å². The molecule has 4 aromatic carbocycles. The Morgan fingerprint density at radius 3 is 1.98 bits per heavy atom. The van der Waals surface area contributed by atoms with Gasteiger partial charge in [0, 0.05) is 22.0 Å². The molecule has 0 aliphatic rings. The number of amides is 1. The number of aryl methyl sites for hydroxylation is 2. The number of nitrogens with one attached hydrogen (secondary N) is 3. The molecule has 0 aromatic heterocycles. The fraction of sp³-hybridized carbons (Fsp3) is 0.0741. The summed E-state index contributed by atoms with van der Waals surface area (Å²) in [4.78, 5) is 12.6. The quantitative estimate of drug-likeness (QED) is 0.190. The van der Waals surface area contributed by atoms with Gasteiger partial charge >= 0.3 is 0 Å². The highest BCUT2D eigenvalue weighted by Gasteiger charge is 2.21. The van der Waals surface area contributed by atoms with Crippen molar-refractivity contribution in [3.05, 3.63) is 111 Å². The topological polar surface area (TPSA) is 121 Å². The largest absolute Gasteiger partial charge is 0.322 e. The van der Waals surface area contributed by atoms with Crippen molar-refractivity contribution in [3.63, 3.8) is 0 Å². The van der Waals surface area contributed by atoms with Crippen LogP contribution in [0.3, 0.4) is 0 Å². The fourth-order valence-electron chi connectivity index (χ4n) is 3.56. The average molecular weight is 639 g/mol. The molecule has 0 saturated carbocycles. The van der Waals surface area contributed by atoms with Gasteiger partial charge in [0.25, 0.3) is 26.0 Å². The molecule has 0 heterocycles. The molecule has 0 saturated heterocycles. The molecule has 4 rings (SSSR count). The minimum absolute atomic E-state index is 0.0283. The summed E-state index contributed by atoms with van der Waals surface area (Å²) in [7, 11) is -8.09. The predicted octanol–water partition coefficient (Wildman–Crippen LogP) is 7.12. The maximum absolute atomic E-state index is 13.0. The van der Waals surface area contributed by atoms with E-state index in [0.29, 0.717) is 10.7 Å². The molecule has 0 spiro atoms. The number of carbonyl (C=O) groups excluding carboxylic acids is 1. The maximum Gasteiger partial charge on any atom is 0.263 e. The summed E-state index contributed by atoms with van der Waals surface area (Å²) in [6, 6.07) is 18.7. The number of benzene rings is 4. The van der Waals surface area contributed by atoms with E-state index in [1.165, 1.54) is 60.7 Å². The number of hydrogen-bond acceptors (Lipinski definition) is 5. The molecule has 208 valence electrons. The van der Waals surface area contributed by atoms with Gasteiger partial charge in [0.2, 0.25) is 0 Å². The standard InChI is InChI=1S/C27H22Cl3N3O5S2/c1-16-3-6-21(13-17(16)2)32-40(37,38)26-14-18(4-11-23(26)29)27(34)31-20-7-9-22(10-8-20)39(35,36)33-25-12-5-19(28)15-24(25)30/h3-15,32-33H,1-2H3,(H,31,34). The van der Waals surface area contributed by atoms with Crippen molar-refractivity contribution in [1.82, 2.24) is 0 Å². The zero-order valence-corrected chi connectivity index (χ0v) is 24.9. The SMILES string of the molecule is Cc1ccc(NS(=O)(=O)c2cc(C(=O)Nc3ccc(S(=O)(=O)Nc4ccc(Cl)cc4Cl)cc3)ccc2Cl)cc1C. The summed E-state index contributed by atoms with van der Waals surface area (Å²) in [5.74, 6) is -0.624. The monoisotopic (exact) mass is 637 g/mol. The lowest BCUT2D eigenvalue weighted by Crippen LogP contribution is -2.17. The Kier molecular flexibility index (Phi) is 8.67. The lowest BCUT2D eigenvalue weighted by atomic mass is 10.1. The second kappa shape index (κ2) is 11.7. The maximum atomic E-state index is 13.0. The molecule has 0 atom stereocenters. The molecule has 4 aromatic rings. The first-order valence-corrected chi connectivity index (χ1v) is 15.6. The van der Waals surface area contributed by atoms with E-state index in [0.717, 1.165) is 11.1 Å². The molecule has 8 nitrogen and oxygen atoms in total. The van der Waals surface area contributed by atoms with E-state index in [1.54, 1.807) is 18.2 Å². The number of hydrogen-bond donors (Lipinski definition) is 3. The van der Waals surface area contributed by atoms with E-state index in [1.807, 2.05) is 13.8 Å². The van der Waals surface area contributed by atoms with Gasteiger partial charge in [-0.1, -0.05) is 40.9 Å². The van der Waals surface area contributed by atoms with Gasteiger partial charge in [-0.3, -0.25) is 14.2 Å². The minimum atomic E-state index is -4.11. The summed E-state index contributed by atoms with van der Waals surface area (Å²) in [6.45, 7) is 3.77. The van der Waals surface area contributed by atoms with Crippen molar-refractivity contribution in [3.8, 4) is 0 Å². The third-order valence-corrected chi connectivity index (χ3v) is 9.63. The lowest BCUT2D eigenvalue weighted by Gasteiger charge is -2.13. The van der Waals surface area contributed by atoms with Crippen molar-refractivity contribution in [2.24, 2.45) is 0 Å². The van der Waals surface area contributed by atoms with Crippen LogP contribution in [-0.2, 0) is 20.0 Å². The Morgan fingerprint density at radius 1 is 0.650 bits per heavy atom. The molecule has 40 heavy (non-hydrogen) atoms. The number of anilines is 3. The van der Waals surface area contributed by atoms with E-state index in [9.17, 15) is 21.6 Å². The highest BCUT2D eigenvalue weighted by molar-refractivity contribution is 7.93. The summed E-state index contributed by atoms with van der Waals surface area (Å²) in [5, 5.41) is 3.05. The molecular weight excluding hydrogens is 617 g/mol. The number of carbonyl (C=O) groups is 1. The Hall–Kier alpha value is -3.28. The minimum Gasteiger partial charge on any atom is -0.322 e. The Bertz CT molecular complexity index is 1830. The van der Waals surface area contributed by atoms with Gasteiger partial charge in [-0.2, -0.15) is 0 Å². The van der Waals surface area contributed by atoms with Crippen LogP contribution in [0.25, 0.3) is 0 Å². The van der Waals surface area contributed by atoms with Gasteiger partial charge in [0.1, 0.15) is 4.90 Å².